The van der Waals surface area contributed by atoms with Crippen molar-refractivity contribution < 1.29 is 4.74 Å². The van der Waals surface area contributed by atoms with E-state index in [0.29, 0.717) is 6.61 Å². The SMILES string of the molecule is Cc1cc(C)cc(OCCNCc2cc(Br)cs2)c1. The van der Waals surface area contributed by atoms with E-state index in [1.54, 1.807) is 11.3 Å². The zero-order chi connectivity index (χ0) is 13.7. The Balaban J connectivity index is 1.69. The van der Waals surface area contributed by atoms with Gasteiger partial charge in [-0.1, -0.05) is 6.07 Å². The van der Waals surface area contributed by atoms with Gasteiger partial charge >= 0.3 is 0 Å². The first-order valence-electron chi connectivity index (χ1n) is 6.28. The third-order valence-electron chi connectivity index (χ3n) is 2.66. The fourth-order valence-corrected chi connectivity index (χ4v) is 3.34. The number of hydrogen-bond donors (Lipinski definition) is 1. The van der Waals surface area contributed by atoms with Crippen molar-refractivity contribution in [3.05, 3.63) is 50.1 Å². The summed E-state index contributed by atoms with van der Waals surface area (Å²) in [5, 5.41) is 5.48. The van der Waals surface area contributed by atoms with Crippen molar-refractivity contribution in [2.75, 3.05) is 13.2 Å². The van der Waals surface area contributed by atoms with Gasteiger partial charge in [-0.3, -0.25) is 0 Å². The summed E-state index contributed by atoms with van der Waals surface area (Å²) in [6.07, 6.45) is 0. The minimum atomic E-state index is 0.690. The first-order valence-corrected chi connectivity index (χ1v) is 7.95. The second-order valence-corrected chi connectivity index (χ2v) is 6.49. The van der Waals surface area contributed by atoms with Gasteiger partial charge in [-0.2, -0.15) is 0 Å². The van der Waals surface area contributed by atoms with Crippen molar-refractivity contribution in [3.63, 3.8) is 0 Å². The van der Waals surface area contributed by atoms with Crippen LogP contribution in [0.25, 0.3) is 0 Å². The predicted molar refractivity (Wildman–Crippen MR) is 85.1 cm³/mol. The lowest BCUT2D eigenvalue weighted by Gasteiger charge is -2.08. The normalized spacial score (nSPS) is 10.7. The highest BCUT2D eigenvalue weighted by Crippen LogP contribution is 2.19. The Morgan fingerprint density at radius 3 is 2.53 bits per heavy atom. The van der Waals surface area contributed by atoms with Gasteiger partial charge < -0.3 is 10.1 Å². The molecule has 4 heteroatoms. The summed E-state index contributed by atoms with van der Waals surface area (Å²) in [5.74, 6) is 0.957. The molecule has 1 N–H and O–H groups in total. The van der Waals surface area contributed by atoms with Gasteiger partial charge in [-0.15, -0.1) is 11.3 Å². The number of thiophene rings is 1. The van der Waals surface area contributed by atoms with Gasteiger partial charge in [-0.05, 0) is 59.1 Å². The Hall–Kier alpha value is -0.840. The Labute approximate surface area is 126 Å². The Morgan fingerprint density at radius 1 is 1.16 bits per heavy atom. The maximum Gasteiger partial charge on any atom is 0.119 e. The summed E-state index contributed by atoms with van der Waals surface area (Å²) in [6.45, 7) is 6.62. The molecule has 0 saturated carbocycles. The summed E-state index contributed by atoms with van der Waals surface area (Å²) in [6, 6.07) is 8.44. The first kappa shape index (κ1) is 14.6. The number of halogens is 1. The number of benzene rings is 1. The molecule has 1 aromatic carbocycles. The molecule has 2 nitrogen and oxygen atoms in total. The second-order valence-electron chi connectivity index (χ2n) is 4.58. The van der Waals surface area contributed by atoms with Crippen molar-refractivity contribution in [3.8, 4) is 5.75 Å². The van der Waals surface area contributed by atoms with Crippen LogP contribution in [-0.2, 0) is 6.54 Å². The van der Waals surface area contributed by atoms with Gasteiger partial charge in [0.2, 0.25) is 0 Å². The molecule has 0 saturated heterocycles. The monoisotopic (exact) mass is 339 g/mol. The molecule has 0 aliphatic rings. The highest BCUT2D eigenvalue weighted by atomic mass is 79.9. The Morgan fingerprint density at radius 2 is 1.89 bits per heavy atom. The second kappa shape index (κ2) is 7.08. The molecule has 0 aliphatic heterocycles. The van der Waals surface area contributed by atoms with E-state index in [1.165, 1.54) is 16.0 Å². The molecule has 0 amide bonds. The van der Waals surface area contributed by atoms with Crippen LogP contribution >= 0.6 is 27.3 Å². The van der Waals surface area contributed by atoms with E-state index in [9.17, 15) is 0 Å². The van der Waals surface area contributed by atoms with E-state index in [-0.39, 0.29) is 0 Å². The molecule has 102 valence electrons. The number of hydrogen-bond acceptors (Lipinski definition) is 3. The van der Waals surface area contributed by atoms with Crippen LogP contribution in [0.4, 0.5) is 0 Å². The quantitative estimate of drug-likeness (QED) is 0.792. The highest BCUT2D eigenvalue weighted by molar-refractivity contribution is 9.10. The molecule has 0 fully saturated rings. The van der Waals surface area contributed by atoms with Crippen molar-refractivity contribution in [1.82, 2.24) is 5.32 Å². The maximum absolute atomic E-state index is 5.74. The molecule has 1 heterocycles. The fraction of sp³-hybridized carbons (Fsp3) is 0.333. The summed E-state index contributed by atoms with van der Waals surface area (Å²) in [7, 11) is 0. The van der Waals surface area contributed by atoms with E-state index in [4.69, 9.17) is 4.74 Å². The summed E-state index contributed by atoms with van der Waals surface area (Å²) < 4.78 is 6.90. The molecule has 0 unspecified atom stereocenters. The maximum atomic E-state index is 5.74. The largest absolute Gasteiger partial charge is 0.492 e. The van der Waals surface area contributed by atoms with E-state index in [1.807, 2.05) is 0 Å². The van der Waals surface area contributed by atoms with Crippen molar-refractivity contribution in [2.24, 2.45) is 0 Å². The van der Waals surface area contributed by atoms with E-state index >= 15 is 0 Å². The van der Waals surface area contributed by atoms with E-state index in [0.717, 1.165) is 23.3 Å². The van der Waals surface area contributed by atoms with Crippen LogP contribution in [0, 0.1) is 13.8 Å². The van der Waals surface area contributed by atoms with E-state index < -0.39 is 0 Å². The Bertz CT molecular complexity index is 518. The number of nitrogens with one attached hydrogen (secondary N) is 1. The van der Waals surface area contributed by atoms with Crippen LogP contribution in [0.5, 0.6) is 5.75 Å². The molecule has 2 rings (SSSR count). The molecular weight excluding hydrogens is 322 g/mol. The van der Waals surface area contributed by atoms with Gasteiger partial charge in [0, 0.05) is 27.8 Å². The summed E-state index contributed by atoms with van der Waals surface area (Å²) >= 11 is 5.21. The van der Waals surface area contributed by atoms with Gasteiger partial charge in [0.05, 0.1) is 0 Å². The van der Waals surface area contributed by atoms with Gasteiger partial charge in [-0.25, -0.2) is 0 Å². The van der Waals surface area contributed by atoms with Gasteiger partial charge in [0.1, 0.15) is 12.4 Å². The van der Waals surface area contributed by atoms with Crippen LogP contribution in [-0.4, -0.2) is 13.2 Å². The predicted octanol–water partition coefficient (Wildman–Crippen LogP) is 4.30. The molecule has 0 atom stereocenters. The lowest BCUT2D eigenvalue weighted by Crippen LogP contribution is -2.20. The molecule has 0 aliphatic carbocycles. The fourth-order valence-electron chi connectivity index (χ4n) is 1.92. The average Bonchev–Trinajstić information content (AvgIpc) is 2.73. The molecule has 19 heavy (non-hydrogen) atoms. The molecule has 0 bridgehead atoms. The highest BCUT2D eigenvalue weighted by Gasteiger charge is 1.98. The number of aryl methyl sites for hydroxylation is 2. The van der Waals surface area contributed by atoms with E-state index in [2.05, 4.69) is 64.7 Å². The van der Waals surface area contributed by atoms with Crippen LogP contribution in [0.15, 0.2) is 34.1 Å². The molecule has 0 spiro atoms. The van der Waals surface area contributed by atoms with Gasteiger partial charge in [0.25, 0.3) is 0 Å². The lowest BCUT2D eigenvalue weighted by atomic mass is 10.1. The number of ether oxygens (including phenoxy) is 1. The molecule has 1 aromatic heterocycles. The smallest absolute Gasteiger partial charge is 0.119 e. The minimum absolute atomic E-state index is 0.690. The minimum Gasteiger partial charge on any atom is -0.492 e. The standard InChI is InChI=1S/C15H18BrNOS/c1-11-5-12(2)7-14(6-11)18-4-3-17-9-15-8-13(16)10-19-15/h5-8,10,17H,3-4,9H2,1-2H3. The summed E-state index contributed by atoms with van der Waals surface area (Å²) in [5.41, 5.74) is 2.48. The average molecular weight is 340 g/mol. The number of rotatable bonds is 6. The Kier molecular flexibility index (Phi) is 5.43. The van der Waals surface area contributed by atoms with Gasteiger partial charge in [0.15, 0.2) is 0 Å². The van der Waals surface area contributed by atoms with Crippen molar-refractivity contribution in [1.29, 1.82) is 0 Å². The van der Waals surface area contributed by atoms with Crippen molar-refractivity contribution in [2.45, 2.75) is 20.4 Å². The zero-order valence-electron chi connectivity index (χ0n) is 11.2. The third-order valence-corrected chi connectivity index (χ3v) is 4.36. The first-order chi connectivity index (χ1) is 9.13. The van der Waals surface area contributed by atoms with Crippen LogP contribution in [0.1, 0.15) is 16.0 Å². The molecule has 2 aromatic rings. The summed E-state index contributed by atoms with van der Waals surface area (Å²) in [4.78, 5) is 1.33. The van der Waals surface area contributed by atoms with Crippen LogP contribution in [0.2, 0.25) is 0 Å². The molecule has 0 radical (unpaired) electrons. The topological polar surface area (TPSA) is 21.3 Å². The molecular formula is C15H18BrNOS. The van der Waals surface area contributed by atoms with Crippen molar-refractivity contribution >= 4 is 27.3 Å². The zero-order valence-corrected chi connectivity index (χ0v) is 13.6. The third kappa shape index (κ3) is 4.97. The lowest BCUT2D eigenvalue weighted by molar-refractivity contribution is 0.313. The van der Waals surface area contributed by atoms with Crippen LogP contribution < -0.4 is 10.1 Å². The van der Waals surface area contributed by atoms with Crippen LogP contribution in [0.3, 0.4) is 0 Å².